The van der Waals surface area contributed by atoms with Crippen LogP contribution >= 0.6 is 0 Å². The maximum absolute atomic E-state index is 5.36. The Balaban J connectivity index is 1.48. The number of guanidine groups is 1. The minimum Gasteiger partial charge on any atom is -0.493 e. The van der Waals surface area contributed by atoms with E-state index in [1.165, 1.54) is 0 Å². The molecule has 7 nitrogen and oxygen atoms in total. The lowest BCUT2D eigenvalue weighted by atomic mass is 10.1. The molecule has 0 amide bonds. The second-order valence-electron chi connectivity index (χ2n) is 6.40. The zero-order valence-corrected chi connectivity index (χ0v) is 17.0. The Labute approximate surface area is 171 Å². The summed E-state index contributed by atoms with van der Waals surface area (Å²) in [7, 11) is 5.03. The minimum atomic E-state index is 0.558. The average molecular weight is 393 g/mol. The second-order valence-corrected chi connectivity index (χ2v) is 6.40. The quantitative estimate of drug-likeness (QED) is 0.405. The van der Waals surface area contributed by atoms with Crippen LogP contribution in [0.25, 0.3) is 11.3 Å². The molecule has 7 heteroatoms. The predicted molar refractivity (Wildman–Crippen MR) is 115 cm³/mol. The van der Waals surface area contributed by atoms with Crippen LogP contribution in [0.2, 0.25) is 0 Å². The van der Waals surface area contributed by atoms with E-state index in [0.717, 1.165) is 53.1 Å². The first-order chi connectivity index (χ1) is 14.2. The van der Waals surface area contributed by atoms with Crippen molar-refractivity contribution in [2.24, 2.45) is 4.99 Å². The van der Waals surface area contributed by atoms with E-state index in [9.17, 15) is 0 Å². The first kappa shape index (κ1) is 20.3. The average Bonchev–Trinajstić information content (AvgIpc) is 3.25. The van der Waals surface area contributed by atoms with Crippen molar-refractivity contribution in [3.63, 3.8) is 0 Å². The Hall–Kier alpha value is -3.48. The van der Waals surface area contributed by atoms with E-state index in [2.05, 4.69) is 37.7 Å². The number of methoxy groups -OCH3 is 2. The standard InChI is InChI=1S/C22H27N5O2/c1-23-22(24-12-11-16-9-10-19(28-2)20(13-16)29-3)26-15-21-25-14-18(27-21)17-7-5-4-6-8-17/h4-10,13-14H,11-12,15H2,1-3H3,(H,25,27)(H2,23,24,26). The van der Waals surface area contributed by atoms with Gasteiger partial charge < -0.3 is 25.1 Å². The number of imidazole rings is 1. The first-order valence-corrected chi connectivity index (χ1v) is 9.48. The van der Waals surface area contributed by atoms with Gasteiger partial charge in [0.05, 0.1) is 32.7 Å². The molecule has 0 aliphatic heterocycles. The SMILES string of the molecule is CN=C(NCCc1ccc(OC)c(OC)c1)NCc1ncc(-c2ccccc2)[nH]1. The van der Waals surface area contributed by atoms with Crippen LogP contribution in [-0.2, 0) is 13.0 Å². The van der Waals surface area contributed by atoms with Crippen LogP contribution in [0.1, 0.15) is 11.4 Å². The van der Waals surface area contributed by atoms with Crippen LogP contribution in [-0.4, -0.2) is 43.7 Å². The Morgan fingerprint density at radius 2 is 1.83 bits per heavy atom. The Morgan fingerprint density at radius 1 is 1.03 bits per heavy atom. The third kappa shape index (κ3) is 5.51. The van der Waals surface area contributed by atoms with Gasteiger partial charge in [-0.05, 0) is 29.7 Å². The summed E-state index contributed by atoms with van der Waals surface area (Å²) < 4.78 is 10.6. The monoisotopic (exact) mass is 393 g/mol. The molecule has 29 heavy (non-hydrogen) atoms. The molecule has 0 saturated carbocycles. The molecule has 0 saturated heterocycles. The number of nitrogens with zero attached hydrogens (tertiary/aromatic N) is 2. The van der Waals surface area contributed by atoms with Gasteiger partial charge in [0.25, 0.3) is 0 Å². The fourth-order valence-corrected chi connectivity index (χ4v) is 2.97. The van der Waals surface area contributed by atoms with Gasteiger partial charge in [-0.3, -0.25) is 4.99 Å². The smallest absolute Gasteiger partial charge is 0.191 e. The number of ether oxygens (including phenoxy) is 2. The molecule has 0 bridgehead atoms. The molecule has 0 unspecified atom stereocenters. The highest BCUT2D eigenvalue weighted by atomic mass is 16.5. The van der Waals surface area contributed by atoms with Gasteiger partial charge in [0.1, 0.15) is 5.82 Å². The van der Waals surface area contributed by atoms with Gasteiger partial charge in [-0.15, -0.1) is 0 Å². The first-order valence-electron chi connectivity index (χ1n) is 9.48. The van der Waals surface area contributed by atoms with Gasteiger partial charge in [0, 0.05) is 13.6 Å². The van der Waals surface area contributed by atoms with E-state index in [-0.39, 0.29) is 0 Å². The second kappa shape index (κ2) is 10.2. The van der Waals surface area contributed by atoms with Crippen molar-refractivity contribution < 1.29 is 9.47 Å². The third-order valence-electron chi connectivity index (χ3n) is 4.51. The lowest BCUT2D eigenvalue weighted by molar-refractivity contribution is 0.354. The molecule has 0 radical (unpaired) electrons. The summed E-state index contributed by atoms with van der Waals surface area (Å²) in [4.78, 5) is 12.0. The highest BCUT2D eigenvalue weighted by molar-refractivity contribution is 5.79. The summed E-state index contributed by atoms with van der Waals surface area (Å²) in [5, 5.41) is 6.60. The molecule has 0 atom stereocenters. The normalized spacial score (nSPS) is 11.2. The van der Waals surface area contributed by atoms with Crippen LogP contribution in [0, 0.1) is 0 Å². The summed E-state index contributed by atoms with van der Waals surface area (Å²) in [5.41, 5.74) is 3.27. The highest BCUT2D eigenvalue weighted by Gasteiger charge is 2.06. The molecule has 0 aliphatic carbocycles. The zero-order chi connectivity index (χ0) is 20.5. The number of benzene rings is 2. The third-order valence-corrected chi connectivity index (χ3v) is 4.51. The minimum absolute atomic E-state index is 0.558. The molecule has 2 aromatic carbocycles. The number of aromatic amines is 1. The number of hydrogen-bond donors (Lipinski definition) is 3. The van der Waals surface area contributed by atoms with Gasteiger partial charge in [0.15, 0.2) is 17.5 Å². The van der Waals surface area contributed by atoms with Crippen LogP contribution in [0.15, 0.2) is 59.7 Å². The number of hydrogen-bond acceptors (Lipinski definition) is 4. The van der Waals surface area contributed by atoms with Crippen LogP contribution in [0.5, 0.6) is 11.5 Å². The summed E-state index contributed by atoms with van der Waals surface area (Å²) in [6, 6.07) is 16.1. The van der Waals surface area contributed by atoms with Gasteiger partial charge >= 0.3 is 0 Å². The molecular weight excluding hydrogens is 366 g/mol. The van der Waals surface area contributed by atoms with Crippen molar-refractivity contribution in [2.45, 2.75) is 13.0 Å². The van der Waals surface area contributed by atoms with Crippen LogP contribution < -0.4 is 20.1 Å². The van der Waals surface area contributed by atoms with Crippen LogP contribution in [0.4, 0.5) is 0 Å². The molecule has 3 rings (SSSR count). The Bertz CT molecular complexity index is 937. The van der Waals surface area contributed by atoms with E-state index >= 15 is 0 Å². The summed E-state index contributed by atoms with van der Waals surface area (Å²) in [5.74, 6) is 3.05. The van der Waals surface area contributed by atoms with Gasteiger partial charge in [0.2, 0.25) is 0 Å². The maximum Gasteiger partial charge on any atom is 0.191 e. The summed E-state index contributed by atoms with van der Waals surface area (Å²) in [6.45, 7) is 1.30. The Morgan fingerprint density at radius 3 is 2.55 bits per heavy atom. The number of nitrogens with one attached hydrogen (secondary N) is 3. The highest BCUT2D eigenvalue weighted by Crippen LogP contribution is 2.27. The Kier molecular flexibility index (Phi) is 7.10. The molecule has 0 fully saturated rings. The van der Waals surface area contributed by atoms with E-state index < -0.39 is 0 Å². The van der Waals surface area contributed by atoms with Crippen molar-refractivity contribution in [1.29, 1.82) is 0 Å². The van der Waals surface area contributed by atoms with E-state index in [1.54, 1.807) is 21.3 Å². The van der Waals surface area contributed by atoms with Crippen molar-refractivity contribution in [2.75, 3.05) is 27.8 Å². The van der Waals surface area contributed by atoms with Crippen LogP contribution in [0.3, 0.4) is 0 Å². The van der Waals surface area contributed by atoms with Crippen molar-refractivity contribution in [3.05, 3.63) is 66.1 Å². The molecule has 1 aromatic heterocycles. The van der Waals surface area contributed by atoms with Crippen molar-refractivity contribution >= 4 is 5.96 Å². The number of H-pyrrole nitrogens is 1. The summed E-state index contributed by atoms with van der Waals surface area (Å²) in [6.07, 6.45) is 2.68. The lowest BCUT2D eigenvalue weighted by Gasteiger charge is -2.12. The predicted octanol–water partition coefficient (Wildman–Crippen LogP) is 3.00. The molecule has 0 spiro atoms. The van der Waals surface area contributed by atoms with Gasteiger partial charge in [-0.1, -0.05) is 36.4 Å². The molecule has 0 aliphatic rings. The topological polar surface area (TPSA) is 83.6 Å². The van der Waals surface area contributed by atoms with Crippen molar-refractivity contribution in [3.8, 4) is 22.8 Å². The lowest BCUT2D eigenvalue weighted by Crippen LogP contribution is -2.38. The summed E-state index contributed by atoms with van der Waals surface area (Å²) >= 11 is 0. The van der Waals surface area contributed by atoms with E-state index in [0.29, 0.717) is 6.54 Å². The molecular formula is C22H27N5O2. The molecule has 3 aromatic rings. The largest absolute Gasteiger partial charge is 0.493 e. The fourth-order valence-electron chi connectivity index (χ4n) is 2.97. The fraction of sp³-hybridized carbons (Fsp3) is 0.273. The number of rotatable bonds is 8. The molecule has 1 heterocycles. The number of aromatic nitrogens is 2. The van der Waals surface area contributed by atoms with E-state index in [1.807, 2.05) is 42.6 Å². The molecule has 3 N–H and O–H groups in total. The van der Waals surface area contributed by atoms with Crippen molar-refractivity contribution in [1.82, 2.24) is 20.6 Å². The maximum atomic E-state index is 5.36. The molecule has 152 valence electrons. The van der Waals surface area contributed by atoms with E-state index in [4.69, 9.17) is 9.47 Å². The number of aliphatic imine (C=N–C) groups is 1. The zero-order valence-electron chi connectivity index (χ0n) is 17.0. The van der Waals surface area contributed by atoms with Gasteiger partial charge in [-0.25, -0.2) is 4.98 Å². The van der Waals surface area contributed by atoms with Gasteiger partial charge in [-0.2, -0.15) is 0 Å².